The number of hydrogen-bond donors (Lipinski definition) is 10. The van der Waals surface area contributed by atoms with Gasteiger partial charge in [-0.05, 0) is 57.6 Å². The van der Waals surface area contributed by atoms with Gasteiger partial charge in [0.2, 0.25) is 23.0 Å². The number of benzene rings is 8. The molecule has 2 heterocycles. The zero-order chi connectivity index (χ0) is 41.7. The van der Waals surface area contributed by atoms with E-state index in [-0.39, 0.29) is 55.0 Å². The van der Waals surface area contributed by atoms with Crippen molar-refractivity contribution in [1.82, 2.24) is 9.13 Å². The molecule has 0 unspecified atom stereocenters. The number of fused-ring (bicyclic) bond motifs is 7. The third kappa shape index (κ3) is 4.91. The molecule has 0 aliphatic rings. The molecule has 60 heavy (non-hydrogen) atoms. The Bertz CT molecular complexity index is 3410. The van der Waals surface area contributed by atoms with Crippen molar-refractivity contribution in [3.05, 3.63) is 133 Å². The van der Waals surface area contributed by atoms with Crippen LogP contribution in [-0.2, 0) is 0 Å². The lowest BCUT2D eigenvalue weighted by molar-refractivity contribution is 0.350. The summed E-state index contributed by atoms with van der Waals surface area (Å²) in [6.45, 7) is 0. The quantitative estimate of drug-likeness (QED) is 0.0588. The van der Waals surface area contributed by atoms with Crippen LogP contribution in [-0.4, -0.2) is 60.2 Å². The first-order chi connectivity index (χ1) is 29.0. The SMILES string of the molecule is Oc1c(O)c(O)c2c(c1O)c1c3c4c(O)c(O)c(O)c(O)c4n(-c4cccc(-c5ccc(-c6ccccc6)cc5)c4)c3c(O)c(O)c1n2-c1cccc(-c2ccccc2)c1. The largest absolute Gasteiger partial charge is 0.504 e. The van der Waals surface area contributed by atoms with E-state index in [4.69, 9.17) is 0 Å². The second-order valence-corrected chi connectivity index (χ2v) is 14.5. The Kier molecular flexibility index (Phi) is 7.71. The molecule has 0 amide bonds. The normalized spacial score (nSPS) is 11.7. The fourth-order valence-electron chi connectivity index (χ4n) is 8.41. The van der Waals surface area contributed by atoms with Crippen molar-refractivity contribution >= 4 is 43.6 Å². The van der Waals surface area contributed by atoms with Crippen LogP contribution >= 0.6 is 0 Å². The Morgan fingerprint density at radius 1 is 0.233 bits per heavy atom. The average Bonchev–Trinajstić information content (AvgIpc) is 3.84. The zero-order valence-electron chi connectivity index (χ0n) is 31.1. The van der Waals surface area contributed by atoms with Gasteiger partial charge in [-0.2, -0.15) is 0 Å². The van der Waals surface area contributed by atoms with Crippen molar-refractivity contribution in [3.8, 4) is 102 Å². The molecule has 12 nitrogen and oxygen atoms in total. The molecule has 8 aromatic carbocycles. The minimum atomic E-state index is -1.11. The second kappa shape index (κ2) is 12.9. The van der Waals surface area contributed by atoms with E-state index in [0.29, 0.717) is 11.1 Å². The van der Waals surface area contributed by atoms with Crippen LogP contribution in [0.2, 0.25) is 0 Å². The van der Waals surface area contributed by atoms with E-state index in [1.165, 1.54) is 9.13 Å². The first-order valence-corrected chi connectivity index (χ1v) is 18.6. The molecule has 0 atom stereocenters. The van der Waals surface area contributed by atoms with E-state index < -0.39 is 57.5 Å². The monoisotopic (exact) mass is 796 g/mol. The summed E-state index contributed by atoms with van der Waals surface area (Å²) in [6.07, 6.45) is 0. The zero-order valence-corrected chi connectivity index (χ0v) is 31.1. The summed E-state index contributed by atoms with van der Waals surface area (Å²) in [5.74, 6) is -9.70. The van der Waals surface area contributed by atoms with Gasteiger partial charge in [-0.1, -0.05) is 109 Å². The number of aromatic hydroxyl groups is 10. The fourth-order valence-corrected chi connectivity index (χ4v) is 8.41. The maximum Gasteiger partial charge on any atom is 0.206 e. The van der Waals surface area contributed by atoms with Crippen LogP contribution in [0.25, 0.3) is 88.4 Å². The predicted molar refractivity (Wildman–Crippen MR) is 228 cm³/mol. The summed E-state index contributed by atoms with van der Waals surface area (Å²) >= 11 is 0. The Labute approximate surface area is 338 Å². The molecule has 12 heteroatoms. The van der Waals surface area contributed by atoms with Gasteiger partial charge >= 0.3 is 0 Å². The molecule has 0 aliphatic heterocycles. The Balaban J connectivity index is 1.35. The lowest BCUT2D eigenvalue weighted by Crippen LogP contribution is -1.97. The van der Waals surface area contributed by atoms with Crippen LogP contribution in [0.3, 0.4) is 0 Å². The maximum absolute atomic E-state index is 12.2. The highest BCUT2D eigenvalue weighted by atomic mass is 16.4. The maximum atomic E-state index is 12.2. The van der Waals surface area contributed by atoms with Crippen molar-refractivity contribution in [2.45, 2.75) is 0 Å². The molecule has 0 radical (unpaired) electrons. The van der Waals surface area contributed by atoms with Crippen LogP contribution in [0, 0.1) is 0 Å². The number of phenolic OH excluding ortho intramolecular Hbond substituents is 10. The average molecular weight is 797 g/mol. The van der Waals surface area contributed by atoms with E-state index in [1.807, 2.05) is 97.1 Å². The van der Waals surface area contributed by atoms with E-state index in [0.717, 1.165) is 22.3 Å². The molecule has 0 saturated heterocycles. The van der Waals surface area contributed by atoms with Crippen LogP contribution < -0.4 is 0 Å². The highest BCUT2D eigenvalue weighted by molar-refractivity contribution is 6.35. The van der Waals surface area contributed by atoms with E-state index in [1.54, 1.807) is 36.4 Å². The number of hydrogen-bond acceptors (Lipinski definition) is 10. The van der Waals surface area contributed by atoms with Gasteiger partial charge in [0.15, 0.2) is 34.5 Å². The number of rotatable bonds is 5. The van der Waals surface area contributed by atoms with Gasteiger partial charge in [0.25, 0.3) is 0 Å². The van der Waals surface area contributed by atoms with Gasteiger partial charge in [0, 0.05) is 22.1 Å². The minimum Gasteiger partial charge on any atom is -0.504 e. The molecule has 0 fully saturated rings. The molecule has 10 N–H and O–H groups in total. The Morgan fingerprint density at radius 2 is 0.517 bits per heavy atom. The molecular weight excluding hydrogens is 765 g/mol. The van der Waals surface area contributed by atoms with Crippen LogP contribution in [0.4, 0.5) is 0 Å². The van der Waals surface area contributed by atoms with E-state index in [2.05, 4.69) is 0 Å². The van der Waals surface area contributed by atoms with Crippen molar-refractivity contribution in [2.75, 3.05) is 0 Å². The highest BCUT2D eigenvalue weighted by Crippen LogP contribution is 2.61. The standard InChI is InChI=1S/C48H32N2O10/c51-39-33-31-32-34-38(44(56)48(60)46(58)40(34)52)50(30-16-8-14-28(22-30)26-19-17-25(18-20-26)23-9-3-1-4-10-23)36(32)42(54)41(53)35(31)49(37(33)43(55)47(59)45(39)57)29-15-7-13-27(21-29)24-11-5-2-6-12-24/h1-22,51-60H. The first-order valence-electron chi connectivity index (χ1n) is 18.6. The first kappa shape index (κ1) is 35.8. The summed E-state index contributed by atoms with van der Waals surface area (Å²) in [6, 6.07) is 40.5. The van der Waals surface area contributed by atoms with Gasteiger partial charge < -0.3 is 60.2 Å². The van der Waals surface area contributed by atoms with Crippen LogP contribution in [0.1, 0.15) is 0 Å². The number of phenols is 10. The van der Waals surface area contributed by atoms with E-state index in [9.17, 15) is 51.1 Å². The van der Waals surface area contributed by atoms with Crippen molar-refractivity contribution < 1.29 is 51.1 Å². The summed E-state index contributed by atoms with van der Waals surface area (Å²) < 4.78 is 2.53. The number of aromatic nitrogens is 2. The topological polar surface area (TPSA) is 212 Å². The van der Waals surface area contributed by atoms with Gasteiger partial charge in [-0.3, -0.25) is 0 Å². The van der Waals surface area contributed by atoms with Crippen LogP contribution in [0.5, 0.6) is 57.5 Å². The third-order valence-corrected chi connectivity index (χ3v) is 11.2. The van der Waals surface area contributed by atoms with E-state index >= 15 is 0 Å². The molecule has 2 aromatic heterocycles. The highest BCUT2D eigenvalue weighted by Gasteiger charge is 2.35. The summed E-state index contributed by atoms with van der Waals surface area (Å²) in [5.41, 5.74) is 4.28. The molecular formula is C48H32N2O10. The van der Waals surface area contributed by atoms with Gasteiger partial charge in [-0.15, -0.1) is 0 Å². The fraction of sp³-hybridized carbons (Fsp3) is 0. The summed E-state index contributed by atoms with van der Waals surface area (Å²) in [4.78, 5) is 0. The molecule has 0 aliphatic carbocycles. The van der Waals surface area contributed by atoms with Crippen molar-refractivity contribution in [3.63, 3.8) is 0 Å². The summed E-state index contributed by atoms with van der Waals surface area (Å²) in [7, 11) is 0. The van der Waals surface area contributed by atoms with Crippen molar-refractivity contribution in [2.24, 2.45) is 0 Å². The second-order valence-electron chi connectivity index (χ2n) is 14.5. The Morgan fingerprint density at radius 3 is 0.917 bits per heavy atom. The van der Waals surface area contributed by atoms with Gasteiger partial charge in [0.1, 0.15) is 22.1 Å². The molecule has 294 valence electrons. The molecule has 10 rings (SSSR count). The Hall–Kier alpha value is -8.64. The third-order valence-electron chi connectivity index (χ3n) is 11.2. The van der Waals surface area contributed by atoms with Gasteiger partial charge in [-0.25, -0.2) is 0 Å². The summed E-state index contributed by atoms with van der Waals surface area (Å²) in [5, 5.41) is 114. The number of nitrogens with zero attached hydrogens (tertiary/aromatic N) is 2. The lowest BCUT2D eigenvalue weighted by atomic mass is 10.00. The molecule has 10 aromatic rings. The molecule has 0 spiro atoms. The van der Waals surface area contributed by atoms with Crippen LogP contribution in [0.15, 0.2) is 133 Å². The predicted octanol–water partition coefficient (Wildman–Crippen LogP) is 9.94. The van der Waals surface area contributed by atoms with Gasteiger partial charge in [0.05, 0.1) is 10.8 Å². The van der Waals surface area contributed by atoms with Crippen molar-refractivity contribution in [1.29, 1.82) is 0 Å². The molecule has 0 bridgehead atoms. The molecule has 0 saturated carbocycles. The smallest absolute Gasteiger partial charge is 0.206 e. The minimum absolute atomic E-state index is 0.195. The lowest BCUT2D eigenvalue weighted by Gasteiger charge is -2.15.